The SMILES string of the molecule is O=C([C@@H](O)CO)N1CC=C(c2c(F)cc(N3C(=O)O[C@@H](COc4ccon4)C3O)cc2F)CC1. The molecular weight excluding hydrogens is 460 g/mol. The topological polar surface area (TPSA) is 146 Å². The van der Waals surface area contributed by atoms with Gasteiger partial charge in [-0.2, -0.15) is 0 Å². The molecule has 3 N–H and O–H groups in total. The van der Waals surface area contributed by atoms with Crippen LogP contribution in [0.25, 0.3) is 5.57 Å². The predicted molar refractivity (Wildman–Crippen MR) is 109 cm³/mol. The van der Waals surface area contributed by atoms with Crippen molar-refractivity contribution in [3.63, 3.8) is 0 Å². The predicted octanol–water partition coefficient (Wildman–Crippen LogP) is 0.644. The van der Waals surface area contributed by atoms with Gasteiger partial charge < -0.3 is 34.2 Å². The number of carbonyl (C=O) groups excluding carboxylic acids is 2. The first-order valence-electron chi connectivity index (χ1n) is 10.3. The highest BCUT2D eigenvalue weighted by atomic mass is 19.1. The molecular formula is C21H21F2N3O8. The van der Waals surface area contributed by atoms with E-state index >= 15 is 0 Å². The fourth-order valence-electron chi connectivity index (χ4n) is 3.73. The summed E-state index contributed by atoms with van der Waals surface area (Å²) in [6.07, 6.45) is -2.47. The van der Waals surface area contributed by atoms with Crippen LogP contribution >= 0.6 is 0 Å². The van der Waals surface area contributed by atoms with E-state index in [4.69, 9.17) is 14.6 Å². The van der Waals surface area contributed by atoms with Crippen LogP contribution in [0.4, 0.5) is 19.3 Å². The fourth-order valence-corrected chi connectivity index (χ4v) is 3.73. The molecule has 2 aliphatic rings. The highest BCUT2D eigenvalue weighted by Gasteiger charge is 2.43. The van der Waals surface area contributed by atoms with Crippen LogP contribution in [-0.2, 0) is 9.53 Å². The lowest BCUT2D eigenvalue weighted by Crippen LogP contribution is -2.42. The van der Waals surface area contributed by atoms with E-state index < -0.39 is 48.7 Å². The maximum atomic E-state index is 14.9. The van der Waals surface area contributed by atoms with Crippen molar-refractivity contribution in [1.29, 1.82) is 0 Å². The Morgan fingerprint density at radius 2 is 2.06 bits per heavy atom. The number of carbonyl (C=O) groups is 2. The zero-order chi connectivity index (χ0) is 24.4. The molecule has 3 heterocycles. The Morgan fingerprint density at radius 1 is 1.32 bits per heavy atom. The molecule has 1 aromatic heterocycles. The second-order valence-corrected chi connectivity index (χ2v) is 7.60. The molecule has 34 heavy (non-hydrogen) atoms. The summed E-state index contributed by atoms with van der Waals surface area (Å²) in [5, 5.41) is 32.4. The quantitative estimate of drug-likeness (QED) is 0.519. The number of ether oxygens (including phenoxy) is 2. The van der Waals surface area contributed by atoms with Crippen molar-refractivity contribution in [2.75, 3.05) is 31.2 Å². The summed E-state index contributed by atoms with van der Waals surface area (Å²) in [4.78, 5) is 26.2. The second-order valence-electron chi connectivity index (χ2n) is 7.60. The van der Waals surface area contributed by atoms with E-state index in [-0.39, 0.29) is 43.2 Å². The van der Waals surface area contributed by atoms with Gasteiger partial charge >= 0.3 is 6.09 Å². The van der Waals surface area contributed by atoms with Crippen molar-refractivity contribution >= 4 is 23.3 Å². The number of aromatic nitrogens is 1. The number of rotatable bonds is 7. The van der Waals surface area contributed by atoms with Gasteiger partial charge in [-0.05, 0) is 29.3 Å². The summed E-state index contributed by atoms with van der Waals surface area (Å²) in [7, 11) is 0. The van der Waals surface area contributed by atoms with Crippen molar-refractivity contribution in [1.82, 2.24) is 10.1 Å². The molecule has 13 heteroatoms. The van der Waals surface area contributed by atoms with E-state index in [0.717, 1.165) is 12.1 Å². The molecule has 182 valence electrons. The van der Waals surface area contributed by atoms with Crippen LogP contribution in [0.5, 0.6) is 5.88 Å². The molecule has 0 bridgehead atoms. The average molecular weight is 481 g/mol. The van der Waals surface area contributed by atoms with Crippen LogP contribution in [0.2, 0.25) is 0 Å². The van der Waals surface area contributed by atoms with E-state index in [0.29, 0.717) is 10.5 Å². The standard InChI is InChI=1S/C21H21F2N3O8/c22-13-7-12(26-20(30)16(34-21(26)31)10-32-17-3-6-33-24-17)8-14(23)18(13)11-1-4-25(5-2-11)19(29)15(28)9-27/h1,3,6-8,15-16,20,27-28,30H,2,4-5,9-10H2/t15-,16-,20?/m0/s1. The molecule has 1 fully saturated rings. The van der Waals surface area contributed by atoms with Gasteiger partial charge in [0.25, 0.3) is 11.8 Å². The van der Waals surface area contributed by atoms with E-state index in [9.17, 15) is 28.6 Å². The minimum Gasteiger partial charge on any atom is -0.471 e. The van der Waals surface area contributed by atoms with Crippen LogP contribution in [0.3, 0.4) is 0 Å². The maximum absolute atomic E-state index is 14.9. The normalized spacial score (nSPS) is 21.3. The van der Waals surface area contributed by atoms with E-state index in [1.54, 1.807) is 0 Å². The van der Waals surface area contributed by atoms with Crippen molar-refractivity contribution in [2.45, 2.75) is 24.9 Å². The third-order valence-electron chi connectivity index (χ3n) is 5.46. The summed E-state index contributed by atoms with van der Waals surface area (Å²) in [5.41, 5.74) is -0.279. The van der Waals surface area contributed by atoms with E-state index in [1.807, 2.05) is 0 Å². The number of benzene rings is 1. The van der Waals surface area contributed by atoms with Crippen LogP contribution in [-0.4, -0.2) is 82.1 Å². The number of cyclic esters (lactones) is 1. The van der Waals surface area contributed by atoms with Gasteiger partial charge in [-0.25, -0.2) is 18.5 Å². The summed E-state index contributed by atoms with van der Waals surface area (Å²) in [6.45, 7) is -0.913. The number of nitrogens with zero attached hydrogens (tertiary/aromatic N) is 3. The Bertz CT molecular complexity index is 1070. The lowest BCUT2D eigenvalue weighted by atomic mass is 9.97. The monoisotopic (exact) mass is 481 g/mol. The van der Waals surface area contributed by atoms with Crippen LogP contribution in [0.1, 0.15) is 12.0 Å². The van der Waals surface area contributed by atoms with Gasteiger partial charge in [-0.1, -0.05) is 6.08 Å². The number of amides is 2. The van der Waals surface area contributed by atoms with Gasteiger partial charge in [0.1, 0.15) is 24.5 Å². The molecule has 0 spiro atoms. The highest BCUT2D eigenvalue weighted by molar-refractivity contribution is 5.90. The van der Waals surface area contributed by atoms with Gasteiger partial charge in [-0.15, -0.1) is 0 Å². The number of aliphatic hydroxyl groups excluding tert-OH is 3. The van der Waals surface area contributed by atoms with Crippen molar-refractivity contribution in [2.24, 2.45) is 0 Å². The molecule has 1 aromatic carbocycles. The van der Waals surface area contributed by atoms with Gasteiger partial charge in [0.05, 0.1) is 12.3 Å². The average Bonchev–Trinajstić information content (AvgIpc) is 3.44. The molecule has 0 radical (unpaired) electrons. The van der Waals surface area contributed by atoms with Crippen molar-refractivity contribution < 1.29 is 47.7 Å². The molecule has 0 saturated carbocycles. The zero-order valence-corrected chi connectivity index (χ0v) is 17.6. The number of hydrogen-bond donors (Lipinski definition) is 3. The second kappa shape index (κ2) is 9.75. The summed E-state index contributed by atoms with van der Waals surface area (Å²) >= 11 is 0. The van der Waals surface area contributed by atoms with Crippen molar-refractivity contribution in [3.8, 4) is 5.88 Å². The van der Waals surface area contributed by atoms with Crippen LogP contribution in [0.15, 0.2) is 35.1 Å². The zero-order valence-electron chi connectivity index (χ0n) is 17.6. The lowest BCUT2D eigenvalue weighted by molar-refractivity contribution is -0.141. The Kier molecular flexibility index (Phi) is 6.77. The van der Waals surface area contributed by atoms with Crippen LogP contribution in [0, 0.1) is 11.6 Å². The van der Waals surface area contributed by atoms with Crippen molar-refractivity contribution in [3.05, 3.63) is 47.7 Å². The third-order valence-corrected chi connectivity index (χ3v) is 5.46. The molecule has 1 saturated heterocycles. The Morgan fingerprint density at radius 3 is 2.65 bits per heavy atom. The third kappa shape index (κ3) is 4.58. The fraction of sp³-hybridized carbons (Fsp3) is 0.381. The number of aliphatic hydroxyl groups is 3. The Labute approximate surface area is 191 Å². The van der Waals surface area contributed by atoms with Gasteiger partial charge in [0.15, 0.2) is 18.4 Å². The Balaban J connectivity index is 1.49. The first kappa shape index (κ1) is 23.6. The number of hydrogen-bond acceptors (Lipinski definition) is 9. The number of anilines is 1. The smallest absolute Gasteiger partial charge is 0.417 e. The van der Waals surface area contributed by atoms with Gasteiger partial charge in [0, 0.05) is 24.7 Å². The highest BCUT2D eigenvalue weighted by Crippen LogP contribution is 2.33. The molecule has 2 aromatic rings. The van der Waals surface area contributed by atoms with Gasteiger partial charge in [-0.3, -0.25) is 4.79 Å². The first-order chi connectivity index (χ1) is 16.3. The Hall–Kier alpha value is -3.55. The van der Waals surface area contributed by atoms with E-state index in [1.165, 1.54) is 23.3 Å². The molecule has 3 atom stereocenters. The van der Waals surface area contributed by atoms with Gasteiger partial charge in [0.2, 0.25) is 0 Å². The summed E-state index contributed by atoms with van der Waals surface area (Å²) in [5.74, 6) is -2.52. The maximum Gasteiger partial charge on any atom is 0.417 e. The minimum atomic E-state index is -1.57. The molecule has 4 rings (SSSR count). The molecule has 1 unspecified atom stereocenters. The molecule has 11 nitrogen and oxygen atoms in total. The molecule has 2 aliphatic heterocycles. The number of halogens is 2. The van der Waals surface area contributed by atoms with Crippen LogP contribution < -0.4 is 9.64 Å². The molecule has 2 amide bonds. The summed E-state index contributed by atoms with van der Waals surface area (Å²) < 4.78 is 44.8. The lowest BCUT2D eigenvalue weighted by Gasteiger charge is -2.28. The molecule has 0 aliphatic carbocycles. The first-order valence-corrected chi connectivity index (χ1v) is 10.3. The summed E-state index contributed by atoms with van der Waals surface area (Å²) in [6, 6.07) is 3.21. The van der Waals surface area contributed by atoms with E-state index in [2.05, 4.69) is 9.68 Å². The minimum absolute atomic E-state index is 0.00375. The largest absolute Gasteiger partial charge is 0.471 e.